The van der Waals surface area contributed by atoms with Crippen molar-refractivity contribution in [1.82, 2.24) is 0 Å². The number of carbonyl (C=O) groups is 3. The van der Waals surface area contributed by atoms with Crippen LogP contribution >= 0.6 is 0 Å². The van der Waals surface area contributed by atoms with Crippen LogP contribution in [0.5, 0.6) is 0 Å². The Kier molecular flexibility index (Phi) is 49.3. The average molecular weight is 861 g/mol. The van der Waals surface area contributed by atoms with Gasteiger partial charge < -0.3 is 14.2 Å². The van der Waals surface area contributed by atoms with Gasteiger partial charge in [-0.1, -0.05) is 251 Å². The van der Waals surface area contributed by atoms with Gasteiger partial charge in [0, 0.05) is 19.3 Å². The smallest absolute Gasteiger partial charge is 0.306 e. The first-order valence-corrected chi connectivity index (χ1v) is 27.2. The molecule has 0 saturated heterocycles. The van der Waals surface area contributed by atoms with Crippen molar-refractivity contribution in [3.05, 3.63) is 12.2 Å². The quantitative estimate of drug-likeness (QED) is 0.0262. The summed E-state index contributed by atoms with van der Waals surface area (Å²) in [5.41, 5.74) is 0. The lowest BCUT2D eigenvalue weighted by Crippen LogP contribution is -2.30. The Labute approximate surface area is 380 Å². The maximum atomic E-state index is 12.8. The molecule has 0 aliphatic heterocycles. The molecule has 0 amide bonds. The topological polar surface area (TPSA) is 78.9 Å². The number of hydrogen-bond donors (Lipinski definition) is 0. The van der Waals surface area contributed by atoms with Crippen LogP contribution in [-0.4, -0.2) is 37.2 Å². The molecule has 0 aromatic heterocycles. The Morgan fingerprint density at radius 1 is 0.311 bits per heavy atom. The summed E-state index contributed by atoms with van der Waals surface area (Å²) >= 11 is 0. The molecule has 6 heteroatoms. The van der Waals surface area contributed by atoms with Gasteiger partial charge in [-0.05, 0) is 44.9 Å². The number of allylic oxidation sites excluding steroid dienone is 2. The van der Waals surface area contributed by atoms with E-state index in [4.69, 9.17) is 14.2 Å². The van der Waals surface area contributed by atoms with E-state index in [2.05, 4.69) is 32.9 Å². The molecule has 1 unspecified atom stereocenters. The Hall–Kier alpha value is -1.85. The van der Waals surface area contributed by atoms with Gasteiger partial charge in [-0.2, -0.15) is 0 Å². The molecule has 1 atom stereocenters. The Bertz CT molecular complexity index is 947. The zero-order chi connectivity index (χ0) is 44.4. The van der Waals surface area contributed by atoms with Crippen molar-refractivity contribution < 1.29 is 28.6 Å². The van der Waals surface area contributed by atoms with Gasteiger partial charge in [-0.3, -0.25) is 14.4 Å². The predicted octanol–water partition coefficient (Wildman–Crippen LogP) is 17.8. The number of unbranched alkanes of at least 4 members (excludes halogenated alkanes) is 37. The van der Waals surface area contributed by atoms with E-state index < -0.39 is 6.10 Å². The fourth-order valence-electron chi connectivity index (χ4n) is 8.14. The lowest BCUT2D eigenvalue weighted by Gasteiger charge is -2.18. The van der Waals surface area contributed by atoms with E-state index in [1.807, 2.05) is 0 Å². The summed E-state index contributed by atoms with van der Waals surface area (Å²) in [5.74, 6) is -0.853. The molecular weight excluding hydrogens is 757 g/mol. The second-order valence-corrected chi connectivity index (χ2v) is 18.5. The fourth-order valence-corrected chi connectivity index (χ4v) is 8.14. The summed E-state index contributed by atoms with van der Waals surface area (Å²) in [6.45, 7) is 6.67. The Balaban J connectivity index is 4.27. The summed E-state index contributed by atoms with van der Waals surface area (Å²) in [6, 6.07) is 0. The molecule has 0 radical (unpaired) electrons. The van der Waals surface area contributed by atoms with Gasteiger partial charge in [0.1, 0.15) is 13.2 Å². The van der Waals surface area contributed by atoms with Crippen molar-refractivity contribution in [3.8, 4) is 0 Å². The monoisotopic (exact) mass is 861 g/mol. The first-order valence-electron chi connectivity index (χ1n) is 27.2. The van der Waals surface area contributed by atoms with Gasteiger partial charge in [0.25, 0.3) is 0 Å². The van der Waals surface area contributed by atoms with E-state index in [0.29, 0.717) is 19.3 Å². The molecule has 0 fully saturated rings. The molecule has 0 aliphatic carbocycles. The lowest BCUT2D eigenvalue weighted by molar-refractivity contribution is -0.167. The van der Waals surface area contributed by atoms with Crippen LogP contribution < -0.4 is 0 Å². The highest BCUT2D eigenvalue weighted by atomic mass is 16.6. The van der Waals surface area contributed by atoms with Crippen molar-refractivity contribution in [3.63, 3.8) is 0 Å². The van der Waals surface area contributed by atoms with Crippen LogP contribution in [0.4, 0.5) is 0 Å². The summed E-state index contributed by atoms with van der Waals surface area (Å²) in [7, 11) is 0. The molecule has 61 heavy (non-hydrogen) atoms. The first kappa shape index (κ1) is 59.1. The summed E-state index contributed by atoms with van der Waals surface area (Å²) in [5, 5.41) is 0. The minimum absolute atomic E-state index is 0.0659. The maximum Gasteiger partial charge on any atom is 0.306 e. The lowest BCUT2D eigenvalue weighted by atomic mass is 10.0. The van der Waals surface area contributed by atoms with Crippen molar-refractivity contribution in [1.29, 1.82) is 0 Å². The molecule has 0 aromatic carbocycles. The van der Waals surface area contributed by atoms with Gasteiger partial charge in [0.05, 0.1) is 0 Å². The van der Waals surface area contributed by atoms with Crippen LogP contribution in [0.3, 0.4) is 0 Å². The SMILES string of the molecule is CCCCCCCCCC/C=C\CCCCCCCCCC(=O)OCC(COC(=O)CCCCCCCCCCCCC)OC(=O)CCCCCCCCCCCCCCC. The number of rotatable bonds is 50. The molecule has 0 aromatic rings. The van der Waals surface area contributed by atoms with Crippen molar-refractivity contribution in [2.75, 3.05) is 13.2 Å². The van der Waals surface area contributed by atoms with E-state index in [1.54, 1.807) is 0 Å². The van der Waals surface area contributed by atoms with Crippen LogP contribution in [0.15, 0.2) is 12.2 Å². The third kappa shape index (κ3) is 49.0. The van der Waals surface area contributed by atoms with Gasteiger partial charge >= 0.3 is 17.9 Å². The predicted molar refractivity (Wildman–Crippen MR) is 261 cm³/mol. The van der Waals surface area contributed by atoms with E-state index in [-0.39, 0.29) is 31.1 Å². The van der Waals surface area contributed by atoms with Crippen molar-refractivity contribution >= 4 is 17.9 Å². The molecule has 0 rings (SSSR count). The number of ether oxygens (including phenoxy) is 3. The molecule has 0 saturated carbocycles. The highest BCUT2D eigenvalue weighted by Gasteiger charge is 2.19. The Morgan fingerprint density at radius 3 is 0.820 bits per heavy atom. The minimum Gasteiger partial charge on any atom is -0.462 e. The molecule has 0 heterocycles. The van der Waals surface area contributed by atoms with Crippen molar-refractivity contribution in [2.45, 2.75) is 309 Å². The largest absolute Gasteiger partial charge is 0.462 e. The summed E-state index contributed by atoms with van der Waals surface area (Å²) in [4.78, 5) is 38.0. The average Bonchev–Trinajstić information content (AvgIpc) is 3.26. The van der Waals surface area contributed by atoms with Gasteiger partial charge in [-0.25, -0.2) is 0 Å². The van der Waals surface area contributed by atoms with Crippen LogP contribution in [0.1, 0.15) is 303 Å². The fraction of sp³-hybridized carbons (Fsp3) is 0.909. The molecule has 0 aliphatic rings. The van der Waals surface area contributed by atoms with E-state index in [9.17, 15) is 14.4 Å². The molecule has 0 spiro atoms. The van der Waals surface area contributed by atoms with E-state index in [1.165, 1.54) is 205 Å². The second-order valence-electron chi connectivity index (χ2n) is 18.5. The van der Waals surface area contributed by atoms with Crippen molar-refractivity contribution in [2.24, 2.45) is 0 Å². The second kappa shape index (κ2) is 50.8. The Morgan fingerprint density at radius 2 is 0.541 bits per heavy atom. The third-order valence-corrected chi connectivity index (χ3v) is 12.3. The summed E-state index contributed by atoms with van der Waals surface area (Å²) in [6.07, 6.45) is 56.2. The zero-order valence-corrected chi connectivity index (χ0v) is 41.2. The van der Waals surface area contributed by atoms with E-state index in [0.717, 1.165) is 57.8 Å². The normalized spacial score (nSPS) is 12.0. The molecule has 0 N–H and O–H groups in total. The van der Waals surface area contributed by atoms with Gasteiger partial charge in [0.15, 0.2) is 6.10 Å². The standard InChI is InChI=1S/C55H104O6/c1-4-7-10-13-16-19-22-24-25-26-27-28-29-31-33-36-39-42-45-48-54(57)60-51-52(50-59-53(56)47-44-41-38-35-32-21-18-15-12-9-6-3)61-55(58)49-46-43-40-37-34-30-23-20-17-14-11-8-5-2/h26-27,52H,4-25,28-51H2,1-3H3/b27-26-. The minimum atomic E-state index is -0.764. The number of carbonyl (C=O) groups excluding carboxylic acids is 3. The molecular formula is C55H104O6. The number of esters is 3. The molecule has 0 bridgehead atoms. The van der Waals surface area contributed by atoms with Crippen LogP contribution in [0.25, 0.3) is 0 Å². The number of hydrogen-bond acceptors (Lipinski definition) is 6. The highest BCUT2D eigenvalue weighted by molar-refractivity contribution is 5.71. The molecule has 6 nitrogen and oxygen atoms in total. The van der Waals surface area contributed by atoms with Crippen LogP contribution in [0.2, 0.25) is 0 Å². The maximum absolute atomic E-state index is 12.8. The van der Waals surface area contributed by atoms with Crippen LogP contribution in [-0.2, 0) is 28.6 Å². The highest BCUT2D eigenvalue weighted by Crippen LogP contribution is 2.16. The van der Waals surface area contributed by atoms with Gasteiger partial charge in [0.2, 0.25) is 0 Å². The zero-order valence-electron chi connectivity index (χ0n) is 41.2. The van der Waals surface area contributed by atoms with Crippen LogP contribution in [0, 0.1) is 0 Å². The van der Waals surface area contributed by atoms with E-state index >= 15 is 0 Å². The third-order valence-electron chi connectivity index (χ3n) is 12.3. The molecule has 360 valence electrons. The summed E-state index contributed by atoms with van der Waals surface area (Å²) < 4.78 is 16.8. The first-order chi connectivity index (χ1) is 30.0. The van der Waals surface area contributed by atoms with Gasteiger partial charge in [-0.15, -0.1) is 0 Å².